The van der Waals surface area contributed by atoms with Crippen LogP contribution in [0.25, 0.3) is 0 Å². The van der Waals surface area contributed by atoms with Gasteiger partial charge in [0.25, 0.3) is 0 Å². The normalized spacial score (nSPS) is 25.9. The van der Waals surface area contributed by atoms with Gasteiger partial charge in [-0.15, -0.1) is 0 Å². The average Bonchev–Trinajstić information content (AvgIpc) is 2.22. The zero-order valence-electron chi connectivity index (χ0n) is 9.37. The Kier molecular flexibility index (Phi) is 3.44. The number of nitrogens with one attached hydrogen (secondary N) is 1. The Labute approximate surface area is 103 Å². The summed E-state index contributed by atoms with van der Waals surface area (Å²) in [4.78, 5) is 6.18. The molecule has 0 saturated carbocycles. The molecule has 88 valence electrons. The number of halogens is 2. The Hall–Kier alpha value is -0.680. The molecule has 1 aliphatic rings. The summed E-state index contributed by atoms with van der Waals surface area (Å²) in [7, 11) is 0. The van der Waals surface area contributed by atoms with E-state index in [1.807, 2.05) is 4.90 Å². The lowest BCUT2D eigenvalue weighted by molar-refractivity contribution is 0.417. The molecule has 1 aliphatic heterocycles. The molecule has 1 saturated heterocycles. The summed E-state index contributed by atoms with van der Waals surface area (Å²) in [5.74, 6) is 0.180. The highest BCUT2D eigenvalue weighted by Crippen LogP contribution is 2.23. The van der Waals surface area contributed by atoms with Gasteiger partial charge in [-0.05, 0) is 35.8 Å². The van der Waals surface area contributed by atoms with Gasteiger partial charge in [0, 0.05) is 35.8 Å². The van der Waals surface area contributed by atoms with Crippen molar-refractivity contribution in [2.45, 2.75) is 25.9 Å². The molecule has 1 aromatic rings. The number of nitrogens with zero attached hydrogens (tertiary/aromatic N) is 2. The van der Waals surface area contributed by atoms with Crippen molar-refractivity contribution in [2.24, 2.45) is 0 Å². The second-order valence-corrected chi connectivity index (χ2v) is 5.19. The first kappa shape index (κ1) is 11.8. The zero-order valence-corrected chi connectivity index (χ0v) is 11.0. The maximum Gasteiger partial charge on any atom is 0.166 e. The van der Waals surface area contributed by atoms with Crippen LogP contribution < -0.4 is 10.2 Å². The van der Waals surface area contributed by atoms with Crippen molar-refractivity contribution in [3.8, 4) is 0 Å². The van der Waals surface area contributed by atoms with E-state index in [0.717, 1.165) is 13.1 Å². The summed E-state index contributed by atoms with van der Waals surface area (Å²) in [5.41, 5.74) is 0. The van der Waals surface area contributed by atoms with E-state index in [9.17, 15) is 4.39 Å². The second kappa shape index (κ2) is 4.67. The van der Waals surface area contributed by atoms with Crippen molar-refractivity contribution in [1.29, 1.82) is 0 Å². The van der Waals surface area contributed by atoms with Crippen molar-refractivity contribution >= 4 is 21.7 Å². The van der Waals surface area contributed by atoms with Gasteiger partial charge in [-0.3, -0.25) is 0 Å². The molecule has 0 amide bonds. The van der Waals surface area contributed by atoms with Crippen LogP contribution in [0.4, 0.5) is 10.2 Å². The van der Waals surface area contributed by atoms with Crippen LogP contribution in [-0.4, -0.2) is 30.2 Å². The SMILES string of the molecule is CC1CN(c2ncc(Br)cc2F)C(C)CN1. The molecule has 0 radical (unpaired) electrons. The first-order chi connectivity index (χ1) is 7.58. The maximum atomic E-state index is 13.8. The first-order valence-electron chi connectivity index (χ1n) is 5.39. The summed E-state index contributed by atoms with van der Waals surface area (Å²) in [5, 5.41) is 3.36. The molecule has 16 heavy (non-hydrogen) atoms. The third kappa shape index (κ3) is 2.35. The van der Waals surface area contributed by atoms with Crippen LogP contribution in [0.3, 0.4) is 0 Å². The smallest absolute Gasteiger partial charge is 0.166 e. The third-order valence-corrected chi connectivity index (χ3v) is 3.26. The molecular weight excluding hydrogens is 273 g/mol. The van der Waals surface area contributed by atoms with Crippen molar-refractivity contribution in [2.75, 3.05) is 18.0 Å². The second-order valence-electron chi connectivity index (χ2n) is 4.27. The summed E-state index contributed by atoms with van der Waals surface area (Å²) >= 11 is 3.21. The quantitative estimate of drug-likeness (QED) is 0.858. The Morgan fingerprint density at radius 2 is 2.31 bits per heavy atom. The van der Waals surface area contributed by atoms with E-state index in [4.69, 9.17) is 0 Å². The van der Waals surface area contributed by atoms with Crippen molar-refractivity contribution in [3.05, 3.63) is 22.6 Å². The van der Waals surface area contributed by atoms with Gasteiger partial charge in [0.05, 0.1) is 0 Å². The number of aromatic nitrogens is 1. The molecule has 2 atom stereocenters. The van der Waals surface area contributed by atoms with Crippen molar-refractivity contribution < 1.29 is 4.39 Å². The average molecular weight is 288 g/mol. The Balaban J connectivity index is 2.28. The highest BCUT2D eigenvalue weighted by atomic mass is 79.9. The lowest BCUT2D eigenvalue weighted by Gasteiger charge is -2.38. The molecule has 0 aliphatic carbocycles. The Morgan fingerprint density at radius 1 is 1.56 bits per heavy atom. The minimum Gasteiger partial charge on any atom is -0.349 e. The molecule has 2 unspecified atom stereocenters. The van der Waals surface area contributed by atoms with Gasteiger partial charge >= 0.3 is 0 Å². The van der Waals surface area contributed by atoms with Crippen LogP contribution in [0.5, 0.6) is 0 Å². The van der Waals surface area contributed by atoms with Gasteiger partial charge in [0.1, 0.15) is 0 Å². The lowest BCUT2D eigenvalue weighted by Crippen LogP contribution is -2.55. The Morgan fingerprint density at radius 3 is 3.00 bits per heavy atom. The zero-order chi connectivity index (χ0) is 11.7. The number of anilines is 1. The van der Waals surface area contributed by atoms with Crippen LogP contribution >= 0.6 is 15.9 Å². The van der Waals surface area contributed by atoms with Crippen LogP contribution in [-0.2, 0) is 0 Å². The summed E-state index contributed by atoms with van der Waals surface area (Å²) in [6, 6.07) is 2.09. The van der Waals surface area contributed by atoms with E-state index in [0.29, 0.717) is 16.3 Å². The fraction of sp³-hybridized carbons (Fsp3) is 0.545. The van der Waals surface area contributed by atoms with E-state index in [1.54, 1.807) is 6.20 Å². The molecule has 2 rings (SSSR count). The largest absolute Gasteiger partial charge is 0.349 e. The fourth-order valence-electron chi connectivity index (χ4n) is 1.94. The van der Waals surface area contributed by atoms with Crippen molar-refractivity contribution in [3.63, 3.8) is 0 Å². The molecule has 1 fully saturated rings. The lowest BCUT2D eigenvalue weighted by atomic mass is 10.1. The molecule has 1 N–H and O–H groups in total. The van der Waals surface area contributed by atoms with Gasteiger partial charge in [0.15, 0.2) is 11.6 Å². The third-order valence-electron chi connectivity index (χ3n) is 2.82. The summed E-state index contributed by atoms with van der Waals surface area (Å²) in [6.07, 6.45) is 1.64. The molecule has 5 heteroatoms. The topological polar surface area (TPSA) is 28.2 Å². The molecule has 2 heterocycles. The molecule has 3 nitrogen and oxygen atoms in total. The number of pyridine rings is 1. The van der Waals surface area contributed by atoms with E-state index < -0.39 is 0 Å². The first-order valence-corrected chi connectivity index (χ1v) is 6.18. The van der Waals surface area contributed by atoms with Crippen LogP contribution in [0, 0.1) is 5.82 Å². The number of rotatable bonds is 1. The van der Waals surface area contributed by atoms with E-state index >= 15 is 0 Å². The highest BCUT2D eigenvalue weighted by molar-refractivity contribution is 9.10. The molecular formula is C11H15BrFN3. The molecule has 1 aromatic heterocycles. The summed E-state index contributed by atoms with van der Waals surface area (Å²) < 4.78 is 14.5. The van der Waals surface area contributed by atoms with E-state index in [2.05, 4.69) is 40.1 Å². The summed E-state index contributed by atoms with van der Waals surface area (Å²) in [6.45, 7) is 5.81. The predicted molar refractivity (Wildman–Crippen MR) is 66.2 cm³/mol. The number of hydrogen-bond donors (Lipinski definition) is 1. The van der Waals surface area contributed by atoms with Crippen LogP contribution in [0.15, 0.2) is 16.7 Å². The molecule has 0 bridgehead atoms. The van der Waals surface area contributed by atoms with E-state index in [1.165, 1.54) is 6.07 Å². The minimum absolute atomic E-state index is 0.263. The monoisotopic (exact) mass is 287 g/mol. The van der Waals surface area contributed by atoms with Gasteiger partial charge in [-0.2, -0.15) is 0 Å². The predicted octanol–water partition coefficient (Wildman–Crippen LogP) is 2.17. The van der Waals surface area contributed by atoms with Gasteiger partial charge in [-0.1, -0.05) is 0 Å². The Bertz CT molecular complexity index is 385. The maximum absolute atomic E-state index is 13.8. The van der Waals surface area contributed by atoms with Crippen LogP contribution in [0.2, 0.25) is 0 Å². The van der Waals surface area contributed by atoms with Gasteiger partial charge < -0.3 is 10.2 Å². The van der Waals surface area contributed by atoms with Crippen LogP contribution in [0.1, 0.15) is 13.8 Å². The van der Waals surface area contributed by atoms with E-state index in [-0.39, 0.29) is 11.9 Å². The van der Waals surface area contributed by atoms with Gasteiger partial charge in [0.2, 0.25) is 0 Å². The van der Waals surface area contributed by atoms with Gasteiger partial charge in [-0.25, -0.2) is 9.37 Å². The number of piperazine rings is 1. The fourth-order valence-corrected chi connectivity index (χ4v) is 2.24. The van der Waals surface area contributed by atoms with Crippen molar-refractivity contribution in [1.82, 2.24) is 10.3 Å². The molecule has 0 aromatic carbocycles. The number of hydrogen-bond acceptors (Lipinski definition) is 3. The standard InChI is InChI=1S/C11H15BrFN3/c1-7-6-16(8(2)4-14-7)11-10(13)3-9(12)5-15-11/h3,5,7-8,14H,4,6H2,1-2H3. The molecule has 0 spiro atoms. The highest BCUT2D eigenvalue weighted by Gasteiger charge is 2.25. The minimum atomic E-state index is -0.268.